The predicted molar refractivity (Wildman–Crippen MR) is 107 cm³/mol. The van der Waals surface area contributed by atoms with E-state index in [2.05, 4.69) is 31.5 Å². The largest absolute Gasteiger partial charge is 0.439 e. The zero-order valence-corrected chi connectivity index (χ0v) is 16.6. The number of aromatic nitrogens is 2. The summed E-state index contributed by atoms with van der Waals surface area (Å²) in [5, 5.41) is 0. The summed E-state index contributed by atoms with van der Waals surface area (Å²) in [6.07, 6.45) is 5.61. The van der Waals surface area contributed by atoms with Crippen molar-refractivity contribution in [1.82, 2.24) is 14.5 Å². The Hall–Kier alpha value is -2.60. The van der Waals surface area contributed by atoms with Crippen molar-refractivity contribution in [1.29, 1.82) is 0 Å². The molecule has 5 nitrogen and oxygen atoms in total. The number of hydrogen-bond acceptors (Lipinski definition) is 3. The third-order valence-corrected chi connectivity index (χ3v) is 5.33. The minimum absolute atomic E-state index is 0.0141. The van der Waals surface area contributed by atoms with Gasteiger partial charge in [-0.2, -0.15) is 0 Å². The van der Waals surface area contributed by atoms with Crippen molar-refractivity contribution in [2.45, 2.75) is 18.9 Å². The molecule has 1 atom stereocenters. The molecule has 1 fully saturated rings. The molecule has 1 aromatic carbocycles. The number of pyridine rings is 1. The van der Waals surface area contributed by atoms with Crippen LogP contribution in [0.2, 0.25) is 0 Å². The van der Waals surface area contributed by atoms with E-state index < -0.39 is 0 Å². The van der Waals surface area contributed by atoms with Gasteiger partial charge in [-0.25, -0.2) is 4.98 Å². The Bertz CT molecular complexity index is 952. The fraction of sp³-hybridized carbons (Fsp3) is 0.238. The molecule has 1 amide bonds. The van der Waals surface area contributed by atoms with Crippen molar-refractivity contribution in [3.05, 3.63) is 76.7 Å². The van der Waals surface area contributed by atoms with Crippen molar-refractivity contribution in [2.75, 3.05) is 6.54 Å². The number of rotatable bonds is 4. The summed E-state index contributed by atoms with van der Waals surface area (Å²) >= 11 is 3.42. The summed E-state index contributed by atoms with van der Waals surface area (Å²) in [4.78, 5) is 19.3. The van der Waals surface area contributed by atoms with Crippen molar-refractivity contribution in [3.63, 3.8) is 0 Å². The van der Waals surface area contributed by atoms with Crippen LogP contribution in [-0.4, -0.2) is 26.9 Å². The molecule has 0 spiro atoms. The fourth-order valence-electron chi connectivity index (χ4n) is 3.52. The molecule has 1 saturated heterocycles. The number of benzene rings is 1. The second kappa shape index (κ2) is 7.56. The average molecular weight is 426 g/mol. The van der Waals surface area contributed by atoms with Crippen LogP contribution in [0.1, 0.15) is 34.9 Å². The molecule has 6 heteroatoms. The van der Waals surface area contributed by atoms with Gasteiger partial charge in [0.05, 0.1) is 11.6 Å². The lowest BCUT2D eigenvalue weighted by Gasteiger charge is -2.25. The highest BCUT2D eigenvalue weighted by molar-refractivity contribution is 9.10. The summed E-state index contributed by atoms with van der Waals surface area (Å²) in [6, 6.07) is 15.3. The molecule has 1 unspecified atom stereocenters. The number of likely N-dealkylation sites (tertiary alicyclic amines) is 1. The molecule has 27 heavy (non-hydrogen) atoms. The van der Waals surface area contributed by atoms with E-state index in [-0.39, 0.29) is 11.9 Å². The van der Waals surface area contributed by atoms with Crippen molar-refractivity contribution in [3.8, 4) is 11.6 Å². The monoisotopic (exact) mass is 425 g/mol. The number of carbonyl (C=O) groups excluding carboxylic acids is 1. The van der Waals surface area contributed by atoms with Gasteiger partial charge in [-0.05, 0) is 49.2 Å². The molecule has 138 valence electrons. The van der Waals surface area contributed by atoms with Crippen LogP contribution >= 0.6 is 15.9 Å². The van der Waals surface area contributed by atoms with Crippen LogP contribution in [0.15, 0.2) is 65.4 Å². The number of carbonyl (C=O) groups is 1. The Kier molecular flexibility index (Phi) is 4.99. The molecule has 4 rings (SSSR count). The van der Waals surface area contributed by atoms with Crippen molar-refractivity contribution < 1.29 is 9.53 Å². The molecule has 3 aromatic rings. The zero-order chi connectivity index (χ0) is 18.8. The normalized spacial score (nSPS) is 16.5. The third kappa shape index (κ3) is 3.76. The Balaban J connectivity index is 1.50. The van der Waals surface area contributed by atoms with Crippen LogP contribution in [0, 0.1) is 0 Å². The minimum atomic E-state index is 0.0141. The number of amides is 1. The number of halogens is 1. The van der Waals surface area contributed by atoms with E-state index in [1.807, 2.05) is 48.5 Å². The highest BCUT2D eigenvalue weighted by atomic mass is 79.9. The van der Waals surface area contributed by atoms with Crippen molar-refractivity contribution in [2.24, 2.45) is 7.05 Å². The summed E-state index contributed by atoms with van der Waals surface area (Å²) < 4.78 is 8.77. The lowest BCUT2D eigenvalue weighted by Crippen LogP contribution is -2.31. The number of ether oxygens (including phenoxy) is 1. The van der Waals surface area contributed by atoms with E-state index in [0.29, 0.717) is 17.2 Å². The van der Waals surface area contributed by atoms with Crippen LogP contribution in [0.25, 0.3) is 0 Å². The predicted octanol–water partition coefficient (Wildman–Crippen LogP) is 4.95. The Morgan fingerprint density at radius 1 is 1.22 bits per heavy atom. The highest BCUT2D eigenvalue weighted by Gasteiger charge is 2.32. The molecule has 0 N–H and O–H groups in total. The Morgan fingerprint density at radius 2 is 2.11 bits per heavy atom. The first-order valence-corrected chi connectivity index (χ1v) is 9.73. The van der Waals surface area contributed by atoms with Gasteiger partial charge in [-0.15, -0.1) is 0 Å². The molecule has 0 bridgehead atoms. The second-order valence-electron chi connectivity index (χ2n) is 6.65. The van der Waals surface area contributed by atoms with Gasteiger partial charge in [0.1, 0.15) is 5.75 Å². The Labute approximate surface area is 166 Å². The van der Waals surface area contributed by atoms with Gasteiger partial charge in [0.15, 0.2) is 0 Å². The highest BCUT2D eigenvalue weighted by Crippen LogP contribution is 2.33. The average Bonchev–Trinajstić information content (AvgIpc) is 3.30. The van der Waals surface area contributed by atoms with Crippen molar-refractivity contribution >= 4 is 21.8 Å². The van der Waals surface area contributed by atoms with Gasteiger partial charge in [0, 0.05) is 42.2 Å². The van der Waals surface area contributed by atoms with Gasteiger partial charge in [-0.3, -0.25) is 4.79 Å². The van der Waals surface area contributed by atoms with Gasteiger partial charge in [0.25, 0.3) is 5.91 Å². The molecule has 0 aliphatic carbocycles. The summed E-state index contributed by atoms with van der Waals surface area (Å²) in [5.41, 5.74) is 1.75. The maximum atomic E-state index is 13.0. The summed E-state index contributed by atoms with van der Waals surface area (Å²) in [5.74, 6) is 1.17. The first-order valence-electron chi connectivity index (χ1n) is 8.93. The molecule has 0 saturated carbocycles. The molecular weight excluding hydrogens is 406 g/mol. The topological polar surface area (TPSA) is 47.4 Å². The first kappa shape index (κ1) is 17.8. The lowest BCUT2D eigenvalue weighted by atomic mass is 10.1. The van der Waals surface area contributed by atoms with Gasteiger partial charge < -0.3 is 14.2 Å². The molecule has 1 aliphatic heterocycles. The van der Waals surface area contributed by atoms with Crippen LogP contribution in [-0.2, 0) is 7.05 Å². The Morgan fingerprint density at radius 3 is 2.81 bits per heavy atom. The maximum Gasteiger partial charge on any atom is 0.255 e. The molecule has 3 heterocycles. The standard InChI is InChI=1S/C21H20BrN3O2/c1-24-11-3-7-18(24)19-8-4-12-25(19)21(26)15-9-10-20(23-14-15)27-17-6-2-5-16(22)13-17/h2-3,5-7,9-11,13-14,19H,4,8,12H2,1H3. The third-order valence-electron chi connectivity index (χ3n) is 4.84. The number of hydrogen-bond donors (Lipinski definition) is 0. The molecule has 1 aliphatic rings. The summed E-state index contributed by atoms with van der Waals surface area (Å²) in [6.45, 7) is 0.769. The van der Waals surface area contributed by atoms with Crippen LogP contribution in [0.3, 0.4) is 0 Å². The lowest BCUT2D eigenvalue weighted by molar-refractivity contribution is 0.0731. The van der Waals surface area contributed by atoms with E-state index in [0.717, 1.165) is 23.9 Å². The first-order chi connectivity index (χ1) is 13.1. The molecule has 0 radical (unpaired) electrons. The van der Waals surface area contributed by atoms with E-state index in [9.17, 15) is 4.79 Å². The second-order valence-corrected chi connectivity index (χ2v) is 7.56. The van der Waals surface area contributed by atoms with E-state index in [4.69, 9.17) is 4.74 Å². The SMILES string of the molecule is Cn1cccc1C1CCCN1C(=O)c1ccc(Oc2cccc(Br)c2)nc1. The van der Waals surface area contributed by atoms with Crippen LogP contribution in [0.5, 0.6) is 11.6 Å². The molecule has 2 aromatic heterocycles. The maximum absolute atomic E-state index is 13.0. The summed E-state index contributed by atoms with van der Waals surface area (Å²) in [7, 11) is 2.02. The van der Waals surface area contributed by atoms with Gasteiger partial charge in [0.2, 0.25) is 5.88 Å². The van der Waals surface area contributed by atoms with E-state index in [1.54, 1.807) is 18.3 Å². The van der Waals surface area contributed by atoms with Crippen LogP contribution in [0.4, 0.5) is 0 Å². The van der Waals surface area contributed by atoms with Gasteiger partial charge >= 0.3 is 0 Å². The number of aryl methyl sites for hydroxylation is 1. The number of nitrogens with zero attached hydrogens (tertiary/aromatic N) is 3. The smallest absolute Gasteiger partial charge is 0.255 e. The van der Waals surface area contributed by atoms with E-state index in [1.165, 1.54) is 5.69 Å². The minimum Gasteiger partial charge on any atom is -0.439 e. The van der Waals surface area contributed by atoms with Gasteiger partial charge in [-0.1, -0.05) is 22.0 Å². The quantitative estimate of drug-likeness (QED) is 0.593. The fourth-order valence-corrected chi connectivity index (χ4v) is 3.90. The van der Waals surface area contributed by atoms with Crippen LogP contribution < -0.4 is 4.74 Å². The zero-order valence-electron chi connectivity index (χ0n) is 15.0. The molecular formula is C21H20BrN3O2. The van der Waals surface area contributed by atoms with E-state index >= 15 is 0 Å².